The highest BCUT2D eigenvalue weighted by Crippen LogP contribution is 2.32. The Morgan fingerprint density at radius 2 is 1.77 bits per heavy atom. The SMILES string of the molecule is C=C(c1ccc(C#N)c(NC(=O)NC(C)C)c1)N1CCC(c2ccc(C#N)cc2)CC1. The van der Waals surface area contributed by atoms with E-state index in [0.717, 1.165) is 37.2 Å². The Morgan fingerprint density at radius 3 is 2.35 bits per heavy atom. The number of nitriles is 2. The molecule has 0 atom stereocenters. The minimum Gasteiger partial charge on any atom is -0.371 e. The maximum absolute atomic E-state index is 12.1. The third kappa shape index (κ3) is 5.43. The van der Waals surface area contributed by atoms with Crippen LogP contribution in [0.15, 0.2) is 49.0 Å². The lowest BCUT2D eigenvalue weighted by molar-refractivity contribution is 0.250. The number of hydrogen-bond donors (Lipinski definition) is 2. The smallest absolute Gasteiger partial charge is 0.319 e. The molecule has 1 aliphatic rings. The molecule has 1 fully saturated rings. The number of carbonyl (C=O) groups excluding carboxylic acids is 1. The zero-order chi connectivity index (χ0) is 22.4. The Balaban J connectivity index is 1.67. The van der Waals surface area contributed by atoms with E-state index >= 15 is 0 Å². The molecular weight excluding hydrogens is 386 g/mol. The fourth-order valence-electron chi connectivity index (χ4n) is 3.84. The Kier molecular flexibility index (Phi) is 6.95. The number of anilines is 1. The number of nitrogens with one attached hydrogen (secondary N) is 2. The van der Waals surface area contributed by atoms with E-state index in [0.29, 0.717) is 22.7 Å². The molecule has 0 aliphatic carbocycles. The van der Waals surface area contributed by atoms with Crippen molar-refractivity contribution in [3.05, 3.63) is 71.3 Å². The van der Waals surface area contributed by atoms with Crippen molar-refractivity contribution in [2.24, 2.45) is 0 Å². The lowest BCUT2D eigenvalue weighted by Gasteiger charge is -2.35. The predicted molar refractivity (Wildman–Crippen MR) is 122 cm³/mol. The second-order valence-electron chi connectivity index (χ2n) is 8.07. The molecule has 1 saturated heterocycles. The number of nitrogens with zero attached hydrogens (tertiary/aromatic N) is 3. The van der Waals surface area contributed by atoms with Gasteiger partial charge in [-0.2, -0.15) is 10.5 Å². The zero-order valence-corrected chi connectivity index (χ0v) is 18.0. The van der Waals surface area contributed by atoms with Crippen LogP contribution in [0.4, 0.5) is 10.5 Å². The summed E-state index contributed by atoms with van der Waals surface area (Å²) in [6.45, 7) is 9.78. The normalized spacial score (nSPS) is 13.9. The van der Waals surface area contributed by atoms with Crippen LogP contribution in [-0.4, -0.2) is 30.1 Å². The number of hydrogen-bond acceptors (Lipinski definition) is 4. The standard InChI is InChI=1S/C25H27N5O/c1-17(2)28-25(31)29-24-14-22(8-9-23(24)16-27)18(3)30-12-10-21(11-13-30)20-6-4-19(15-26)5-7-20/h4-9,14,17,21H,3,10-13H2,1-2H3,(H2,28,29,31). The van der Waals surface area contributed by atoms with Gasteiger partial charge in [-0.3, -0.25) is 0 Å². The fraction of sp³-hybridized carbons (Fsp3) is 0.320. The van der Waals surface area contributed by atoms with Crippen LogP contribution in [0, 0.1) is 22.7 Å². The van der Waals surface area contributed by atoms with Crippen molar-refractivity contribution < 1.29 is 4.79 Å². The summed E-state index contributed by atoms with van der Waals surface area (Å²) in [5.41, 5.74) is 4.61. The molecule has 2 aromatic rings. The van der Waals surface area contributed by atoms with Crippen molar-refractivity contribution in [2.45, 2.75) is 38.6 Å². The first-order valence-corrected chi connectivity index (χ1v) is 10.5. The molecule has 0 saturated carbocycles. The van der Waals surface area contributed by atoms with E-state index in [1.165, 1.54) is 5.56 Å². The maximum Gasteiger partial charge on any atom is 0.319 e. The van der Waals surface area contributed by atoms with Gasteiger partial charge >= 0.3 is 6.03 Å². The van der Waals surface area contributed by atoms with Crippen molar-refractivity contribution in [1.82, 2.24) is 10.2 Å². The van der Waals surface area contributed by atoms with Gasteiger partial charge in [-0.05, 0) is 68.0 Å². The van der Waals surface area contributed by atoms with E-state index in [1.54, 1.807) is 6.07 Å². The Morgan fingerprint density at radius 1 is 1.10 bits per heavy atom. The molecule has 6 heteroatoms. The molecule has 31 heavy (non-hydrogen) atoms. The summed E-state index contributed by atoms with van der Waals surface area (Å²) in [7, 11) is 0. The molecule has 2 N–H and O–H groups in total. The fourth-order valence-corrected chi connectivity index (χ4v) is 3.84. The van der Waals surface area contributed by atoms with Crippen molar-refractivity contribution in [1.29, 1.82) is 10.5 Å². The van der Waals surface area contributed by atoms with Gasteiger partial charge < -0.3 is 15.5 Å². The molecule has 0 spiro atoms. The molecule has 158 valence electrons. The maximum atomic E-state index is 12.1. The van der Waals surface area contributed by atoms with E-state index in [2.05, 4.69) is 46.4 Å². The van der Waals surface area contributed by atoms with Crippen molar-refractivity contribution >= 4 is 17.4 Å². The first-order valence-electron chi connectivity index (χ1n) is 10.5. The number of amides is 2. The molecule has 0 bridgehead atoms. The van der Waals surface area contributed by atoms with Gasteiger partial charge in [0.05, 0.1) is 22.9 Å². The van der Waals surface area contributed by atoms with Crippen LogP contribution in [0.2, 0.25) is 0 Å². The summed E-state index contributed by atoms with van der Waals surface area (Å²) in [4.78, 5) is 14.4. The highest BCUT2D eigenvalue weighted by molar-refractivity contribution is 5.91. The van der Waals surface area contributed by atoms with Crippen LogP contribution in [0.1, 0.15) is 54.9 Å². The molecule has 1 heterocycles. The minimum absolute atomic E-state index is 0.00100. The molecule has 6 nitrogen and oxygen atoms in total. The predicted octanol–water partition coefficient (Wildman–Crippen LogP) is 4.81. The van der Waals surface area contributed by atoms with Crippen LogP contribution in [0.3, 0.4) is 0 Å². The van der Waals surface area contributed by atoms with Crippen LogP contribution in [0.5, 0.6) is 0 Å². The van der Waals surface area contributed by atoms with E-state index in [-0.39, 0.29) is 12.1 Å². The largest absolute Gasteiger partial charge is 0.371 e. The second-order valence-corrected chi connectivity index (χ2v) is 8.07. The highest BCUT2D eigenvalue weighted by atomic mass is 16.2. The van der Waals surface area contributed by atoms with Crippen molar-refractivity contribution in [2.75, 3.05) is 18.4 Å². The van der Waals surface area contributed by atoms with Gasteiger partial charge in [0, 0.05) is 24.8 Å². The van der Waals surface area contributed by atoms with Gasteiger partial charge in [0.25, 0.3) is 0 Å². The van der Waals surface area contributed by atoms with Gasteiger partial charge in [0.2, 0.25) is 0 Å². The third-order valence-electron chi connectivity index (χ3n) is 5.53. The number of benzene rings is 2. The molecule has 2 aromatic carbocycles. The third-order valence-corrected chi connectivity index (χ3v) is 5.53. The molecule has 2 amide bonds. The summed E-state index contributed by atoms with van der Waals surface area (Å²) in [6, 6.07) is 17.2. The van der Waals surface area contributed by atoms with E-state index in [9.17, 15) is 10.1 Å². The summed E-state index contributed by atoms with van der Waals surface area (Å²) < 4.78 is 0. The van der Waals surface area contributed by atoms with E-state index in [1.807, 2.05) is 38.1 Å². The Labute approximate surface area is 183 Å². The topological polar surface area (TPSA) is 91.9 Å². The number of urea groups is 1. The van der Waals surface area contributed by atoms with Crippen LogP contribution in [0.25, 0.3) is 5.70 Å². The molecular formula is C25H27N5O. The first kappa shape index (κ1) is 21.9. The molecule has 0 radical (unpaired) electrons. The molecule has 3 rings (SSSR count). The second kappa shape index (κ2) is 9.82. The Bertz CT molecular complexity index is 1040. The zero-order valence-electron chi connectivity index (χ0n) is 18.0. The summed E-state index contributed by atoms with van der Waals surface area (Å²) in [5, 5.41) is 23.9. The monoisotopic (exact) mass is 413 g/mol. The number of likely N-dealkylation sites (tertiary alicyclic amines) is 1. The van der Waals surface area contributed by atoms with Gasteiger partial charge in [0.15, 0.2) is 0 Å². The Hall–Kier alpha value is -3.77. The van der Waals surface area contributed by atoms with Crippen LogP contribution >= 0.6 is 0 Å². The average molecular weight is 414 g/mol. The van der Waals surface area contributed by atoms with Gasteiger partial charge in [0.1, 0.15) is 6.07 Å². The average Bonchev–Trinajstić information content (AvgIpc) is 2.78. The van der Waals surface area contributed by atoms with Gasteiger partial charge in [-0.1, -0.05) is 24.8 Å². The van der Waals surface area contributed by atoms with Crippen LogP contribution in [-0.2, 0) is 0 Å². The number of piperidine rings is 1. The first-order chi connectivity index (χ1) is 14.9. The highest BCUT2D eigenvalue weighted by Gasteiger charge is 2.22. The van der Waals surface area contributed by atoms with E-state index < -0.39 is 0 Å². The summed E-state index contributed by atoms with van der Waals surface area (Å²) in [5.74, 6) is 0.467. The summed E-state index contributed by atoms with van der Waals surface area (Å²) >= 11 is 0. The van der Waals surface area contributed by atoms with Crippen LogP contribution < -0.4 is 10.6 Å². The molecule has 0 unspecified atom stereocenters. The lowest BCUT2D eigenvalue weighted by Crippen LogP contribution is -2.34. The van der Waals surface area contributed by atoms with Crippen molar-refractivity contribution in [3.8, 4) is 12.1 Å². The minimum atomic E-state index is -0.336. The number of rotatable bonds is 5. The summed E-state index contributed by atoms with van der Waals surface area (Å²) in [6.07, 6.45) is 2.01. The van der Waals surface area contributed by atoms with Gasteiger partial charge in [-0.15, -0.1) is 0 Å². The quantitative estimate of drug-likeness (QED) is 0.736. The number of carbonyl (C=O) groups is 1. The molecule has 0 aromatic heterocycles. The van der Waals surface area contributed by atoms with E-state index in [4.69, 9.17) is 5.26 Å². The van der Waals surface area contributed by atoms with Gasteiger partial charge in [-0.25, -0.2) is 4.79 Å². The molecule has 1 aliphatic heterocycles. The van der Waals surface area contributed by atoms with Crippen molar-refractivity contribution in [3.63, 3.8) is 0 Å². The lowest BCUT2D eigenvalue weighted by atomic mass is 9.88.